The lowest BCUT2D eigenvalue weighted by Crippen LogP contribution is -2.14. The molecule has 0 bridgehead atoms. The van der Waals surface area contributed by atoms with Crippen LogP contribution in [0.25, 0.3) is 33.3 Å². The Morgan fingerprint density at radius 1 is 1.16 bits per heavy atom. The Morgan fingerprint density at radius 3 is 2.68 bits per heavy atom. The molecule has 1 aliphatic carbocycles. The summed E-state index contributed by atoms with van der Waals surface area (Å²) in [7, 11) is 1.79. The summed E-state index contributed by atoms with van der Waals surface area (Å²) in [5.74, 6) is 1.65. The van der Waals surface area contributed by atoms with Crippen molar-refractivity contribution in [2.45, 2.75) is 32.3 Å². The highest BCUT2D eigenvalue weighted by Crippen LogP contribution is 2.35. The molecular weight excluding hydrogens is 394 g/mol. The summed E-state index contributed by atoms with van der Waals surface area (Å²) in [6.45, 7) is 3.46. The molecule has 3 N–H and O–H groups in total. The van der Waals surface area contributed by atoms with E-state index in [9.17, 15) is 9.90 Å². The fourth-order valence-corrected chi connectivity index (χ4v) is 3.57. The molecule has 1 fully saturated rings. The van der Waals surface area contributed by atoms with Crippen LogP contribution in [0.3, 0.4) is 0 Å². The highest BCUT2D eigenvalue weighted by molar-refractivity contribution is 6.03. The monoisotopic (exact) mass is 417 g/mol. The lowest BCUT2D eigenvalue weighted by molar-refractivity contribution is -0.117. The van der Waals surface area contributed by atoms with E-state index in [1.54, 1.807) is 39.4 Å². The van der Waals surface area contributed by atoms with Gasteiger partial charge in [0.05, 0.1) is 11.2 Å². The molecule has 0 radical (unpaired) electrons. The van der Waals surface area contributed by atoms with Crippen molar-refractivity contribution < 1.29 is 14.3 Å². The number of pyridine rings is 2. The number of nitrogens with one attached hydrogen (secondary N) is 2. The number of anilines is 2. The van der Waals surface area contributed by atoms with Gasteiger partial charge in [-0.1, -0.05) is 6.07 Å². The van der Waals surface area contributed by atoms with Gasteiger partial charge in [-0.15, -0.1) is 0 Å². The number of amides is 1. The molecule has 1 amide bonds. The van der Waals surface area contributed by atoms with Crippen molar-refractivity contribution in [1.82, 2.24) is 15.0 Å². The van der Waals surface area contributed by atoms with Gasteiger partial charge in [0.25, 0.3) is 0 Å². The Kier molecular flexibility index (Phi) is 4.40. The van der Waals surface area contributed by atoms with Crippen LogP contribution in [0.2, 0.25) is 0 Å². The first-order valence-corrected chi connectivity index (χ1v) is 10.2. The molecule has 1 aliphatic rings. The summed E-state index contributed by atoms with van der Waals surface area (Å²) >= 11 is 0. The van der Waals surface area contributed by atoms with Gasteiger partial charge in [0.2, 0.25) is 11.8 Å². The number of carbonyl (C=O) groups excluding carboxylic acids is 1. The summed E-state index contributed by atoms with van der Waals surface area (Å²) in [5.41, 5.74) is 1.74. The molecule has 3 heterocycles. The average Bonchev–Trinajstić information content (AvgIpc) is 3.51. The number of fused-ring (bicyclic) bond motifs is 2. The van der Waals surface area contributed by atoms with Crippen LogP contribution in [0.15, 0.2) is 41.1 Å². The SMILES string of the molecule is CNc1ncc(-c2nc3cc(C(C)(C)O)ccc3o2)c2cc(NC(=O)C3CC3)ncc12. The highest BCUT2D eigenvalue weighted by atomic mass is 16.3. The minimum atomic E-state index is -0.976. The number of nitrogens with zero attached hydrogens (tertiary/aromatic N) is 3. The molecule has 0 saturated heterocycles. The van der Waals surface area contributed by atoms with E-state index in [0.717, 1.165) is 29.2 Å². The maximum absolute atomic E-state index is 12.2. The molecule has 5 rings (SSSR count). The van der Waals surface area contributed by atoms with Crippen molar-refractivity contribution in [3.8, 4) is 11.5 Å². The van der Waals surface area contributed by atoms with Crippen LogP contribution in [-0.2, 0) is 10.4 Å². The molecule has 8 heteroatoms. The quantitative estimate of drug-likeness (QED) is 0.449. The second-order valence-electron chi connectivity index (χ2n) is 8.41. The van der Waals surface area contributed by atoms with Gasteiger partial charge in [-0.05, 0) is 50.5 Å². The Labute approximate surface area is 178 Å². The Morgan fingerprint density at radius 2 is 1.97 bits per heavy atom. The van der Waals surface area contributed by atoms with Gasteiger partial charge in [-0.3, -0.25) is 4.79 Å². The van der Waals surface area contributed by atoms with Crippen LogP contribution >= 0.6 is 0 Å². The normalized spacial score (nSPS) is 14.2. The molecule has 1 aromatic carbocycles. The third-order valence-electron chi connectivity index (χ3n) is 5.53. The van der Waals surface area contributed by atoms with E-state index in [2.05, 4.69) is 25.6 Å². The molecule has 0 atom stereocenters. The number of aliphatic hydroxyl groups is 1. The number of benzene rings is 1. The Balaban J connectivity index is 1.63. The predicted molar refractivity (Wildman–Crippen MR) is 119 cm³/mol. The first-order valence-electron chi connectivity index (χ1n) is 10.2. The molecule has 4 aromatic rings. The molecule has 8 nitrogen and oxygen atoms in total. The number of hydrogen-bond acceptors (Lipinski definition) is 7. The van der Waals surface area contributed by atoms with Crippen LogP contribution in [0, 0.1) is 5.92 Å². The summed E-state index contributed by atoms with van der Waals surface area (Å²) in [5, 5.41) is 17.9. The maximum Gasteiger partial charge on any atom is 0.229 e. The van der Waals surface area contributed by atoms with E-state index in [1.165, 1.54) is 0 Å². The second kappa shape index (κ2) is 7.02. The van der Waals surface area contributed by atoms with Crippen molar-refractivity contribution in [2.75, 3.05) is 17.7 Å². The summed E-state index contributed by atoms with van der Waals surface area (Å²) < 4.78 is 6.01. The molecule has 0 spiro atoms. The van der Waals surface area contributed by atoms with Crippen LogP contribution in [-0.4, -0.2) is 33.0 Å². The Hall–Kier alpha value is -3.52. The minimum Gasteiger partial charge on any atom is -0.436 e. The highest BCUT2D eigenvalue weighted by Gasteiger charge is 2.30. The van der Waals surface area contributed by atoms with Crippen LogP contribution in [0.5, 0.6) is 0 Å². The van der Waals surface area contributed by atoms with Gasteiger partial charge in [0.1, 0.15) is 17.2 Å². The smallest absolute Gasteiger partial charge is 0.229 e. The third kappa shape index (κ3) is 3.59. The molecule has 0 unspecified atom stereocenters. The van der Waals surface area contributed by atoms with Gasteiger partial charge in [-0.2, -0.15) is 0 Å². The fraction of sp³-hybridized carbons (Fsp3) is 0.304. The zero-order valence-electron chi connectivity index (χ0n) is 17.6. The molecule has 0 aliphatic heterocycles. The number of hydrogen-bond donors (Lipinski definition) is 3. The summed E-state index contributed by atoms with van der Waals surface area (Å²) in [6, 6.07) is 7.28. The number of rotatable bonds is 5. The van der Waals surface area contributed by atoms with Gasteiger partial charge in [-0.25, -0.2) is 15.0 Å². The predicted octanol–water partition coefficient (Wildman–Crippen LogP) is 4.06. The van der Waals surface area contributed by atoms with Crippen molar-refractivity contribution in [3.63, 3.8) is 0 Å². The summed E-state index contributed by atoms with van der Waals surface area (Å²) in [4.78, 5) is 25.7. The van der Waals surface area contributed by atoms with Gasteiger partial charge >= 0.3 is 0 Å². The average molecular weight is 417 g/mol. The second-order valence-corrected chi connectivity index (χ2v) is 8.41. The van der Waals surface area contributed by atoms with Crippen LogP contribution < -0.4 is 10.6 Å². The lowest BCUT2D eigenvalue weighted by atomic mass is 9.98. The minimum absolute atomic E-state index is 0.00249. The van der Waals surface area contributed by atoms with Crippen LogP contribution in [0.1, 0.15) is 32.3 Å². The zero-order chi connectivity index (χ0) is 21.8. The fourth-order valence-electron chi connectivity index (χ4n) is 3.57. The largest absolute Gasteiger partial charge is 0.436 e. The van der Waals surface area contributed by atoms with E-state index in [0.29, 0.717) is 34.2 Å². The topological polar surface area (TPSA) is 113 Å². The van der Waals surface area contributed by atoms with Gasteiger partial charge < -0.3 is 20.2 Å². The van der Waals surface area contributed by atoms with E-state index in [1.807, 2.05) is 18.2 Å². The van der Waals surface area contributed by atoms with E-state index < -0.39 is 5.60 Å². The first-order chi connectivity index (χ1) is 14.8. The van der Waals surface area contributed by atoms with Crippen LogP contribution in [0.4, 0.5) is 11.6 Å². The zero-order valence-corrected chi connectivity index (χ0v) is 17.6. The molecule has 1 saturated carbocycles. The van der Waals surface area contributed by atoms with E-state index >= 15 is 0 Å². The molecule has 158 valence electrons. The van der Waals surface area contributed by atoms with E-state index in [4.69, 9.17) is 4.42 Å². The van der Waals surface area contributed by atoms with Crippen molar-refractivity contribution in [2.24, 2.45) is 5.92 Å². The number of aromatic nitrogens is 3. The van der Waals surface area contributed by atoms with Gasteiger partial charge in [0.15, 0.2) is 5.58 Å². The first kappa shape index (κ1) is 19.4. The number of carbonyl (C=O) groups is 1. The van der Waals surface area contributed by atoms with E-state index in [-0.39, 0.29) is 11.8 Å². The van der Waals surface area contributed by atoms with Crippen molar-refractivity contribution in [1.29, 1.82) is 0 Å². The van der Waals surface area contributed by atoms with Crippen molar-refractivity contribution >= 4 is 39.4 Å². The van der Waals surface area contributed by atoms with Crippen molar-refractivity contribution in [3.05, 3.63) is 42.2 Å². The lowest BCUT2D eigenvalue weighted by Gasteiger charge is -2.16. The molecule has 31 heavy (non-hydrogen) atoms. The third-order valence-corrected chi connectivity index (χ3v) is 5.53. The maximum atomic E-state index is 12.2. The number of oxazole rings is 1. The molecule has 3 aromatic heterocycles. The standard InChI is InChI=1S/C23H23N5O3/c1-23(2,30)13-6-7-18-17(8-13)27-22(31-18)16-11-26-20(24-3)15-10-25-19(9-14(15)16)28-21(29)12-4-5-12/h6-12,30H,4-5H2,1-3H3,(H,24,26)(H,25,28,29). The molecular formula is C23H23N5O3. The van der Waals surface area contributed by atoms with Gasteiger partial charge in [0, 0.05) is 36.1 Å². The summed E-state index contributed by atoms with van der Waals surface area (Å²) in [6.07, 6.45) is 5.24. The Bertz CT molecular complexity index is 1320.